The van der Waals surface area contributed by atoms with E-state index >= 15 is 0 Å². The van der Waals surface area contributed by atoms with Crippen molar-refractivity contribution < 1.29 is 4.79 Å². The van der Waals surface area contributed by atoms with Crippen molar-refractivity contribution in [3.05, 3.63) is 71.8 Å². The highest BCUT2D eigenvalue weighted by atomic mass is 127. The van der Waals surface area contributed by atoms with Gasteiger partial charge < -0.3 is 15.5 Å². The minimum atomic E-state index is 0. The average Bonchev–Trinajstić information content (AvgIpc) is 3.15. The molecule has 1 saturated heterocycles. The van der Waals surface area contributed by atoms with Gasteiger partial charge in [0, 0.05) is 45.1 Å². The van der Waals surface area contributed by atoms with E-state index < -0.39 is 0 Å². The number of hydrogen-bond acceptors (Lipinski definition) is 2. The van der Waals surface area contributed by atoms with Crippen molar-refractivity contribution in [1.29, 1.82) is 0 Å². The molecule has 0 spiro atoms. The van der Waals surface area contributed by atoms with Crippen molar-refractivity contribution in [3.63, 3.8) is 0 Å². The molecule has 0 radical (unpaired) electrons. The summed E-state index contributed by atoms with van der Waals surface area (Å²) in [5.74, 6) is 1.42. The molecule has 2 N–H and O–H groups in total. The minimum Gasteiger partial charge on any atom is -0.357 e. The third-order valence-corrected chi connectivity index (χ3v) is 5.90. The first-order chi connectivity index (χ1) is 15.4. The SMILES string of the molecule is CCNC(=NCC(C)(C)Cc1ccccc1)NCC1CC(=O)N(CCc2ccccc2)C1.I. The molecular weight excluding hydrogens is 523 g/mol. The fourth-order valence-electron chi connectivity index (χ4n) is 4.20. The fourth-order valence-corrected chi connectivity index (χ4v) is 4.20. The Labute approximate surface area is 216 Å². The second-order valence-electron chi connectivity index (χ2n) is 9.55. The van der Waals surface area contributed by atoms with E-state index in [4.69, 9.17) is 4.99 Å². The molecule has 33 heavy (non-hydrogen) atoms. The van der Waals surface area contributed by atoms with Gasteiger partial charge in [-0.2, -0.15) is 0 Å². The van der Waals surface area contributed by atoms with Crippen molar-refractivity contribution >= 4 is 35.8 Å². The highest BCUT2D eigenvalue weighted by Crippen LogP contribution is 2.22. The van der Waals surface area contributed by atoms with Crippen molar-refractivity contribution in [2.24, 2.45) is 16.3 Å². The summed E-state index contributed by atoms with van der Waals surface area (Å²) in [6.07, 6.45) is 2.51. The zero-order chi connectivity index (χ0) is 22.8. The van der Waals surface area contributed by atoms with Gasteiger partial charge in [-0.05, 0) is 36.3 Å². The van der Waals surface area contributed by atoms with Crippen LogP contribution < -0.4 is 10.6 Å². The van der Waals surface area contributed by atoms with E-state index in [1.165, 1.54) is 11.1 Å². The number of nitrogens with zero attached hydrogens (tertiary/aromatic N) is 2. The van der Waals surface area contributed by atoms with Crippen LogP contribution >= 0.6 is 24.0 Å². The maximum Gasteiger partial charge on any atom is 0.223 e. The summed E-state index contributed by atoms with van der Waals surface area (Å²) in [4.78, 5) is 19.3. The third kappa shape index (κ3) is 9.35. The van der Waals surface area contributed by atoms with Gasteiger partial charge in [-0.15, -0.1) is 24.0 Å². The fraction of sp³-hybridized carbons (Fsp3) is 0.481. The Balaban J connectivity index is 0.00000385. The third-order valence-electron chi connectivity index (χ3n) is 5.90. The van der Waals surface area contributed by atoms with Gasteiger partial charge in [0.25, 0.3) is 0 Å². The molecule has 0 aliphatic carbocycles. The summed E-state index contributed by atoms with van der Waals surface area (Å²) in [5, 5.41) is 6.83. The van der Waals surface area contributed by atoms with Crippen LogP contribution in [0.25, 0.3) is 0 Å². The highest BCUT2D eigenvalue weighted by Gasteiger charge is 2.29. The van der Waals surface area contributed by atoms with Crippen molar-refractivity contribution in [2.45, 2.75) is 40.0 Å². The van der Waals surface area contributed by atoms with E-state index in [2.05, 4.69) is 86.0 Å². The Morgan fingerprint density at radius 3 is 2.30 bits per heavy atom. The van der Waals surface area contributed by atoms with E-state index in [1.54, 1.807) is 0 Å². The lowest BCUT2D eigenvalue weighted by Crippen LogP contribution is -2.41. The lowest BCUT2D eigenvalue weighted by atomic mass is 9.86. The Morgan fingerprint density at radius 1 is 1.03 bits per heavy atom. The lowest BCUT2D eigenvalue weighted by molar-refractivity contribution is -0.127. The van der Waals surface area contributed by atoms with Crippen LogP contribution in [0.4, 0.5) is 0 Å². The van der Waals surface area contributed by atoms with E-state index in [0.29, 0.717) is 12.3 Å². The number of amides is 1. The summed E-state index contributed by atoms with van der Waals surface area (Å²) in [6.45, 7) is 10.5. The monoisotopic (exact) mass is 562 g/mol. The van der Waals surface area contributed by atoms with Crippen LogP contribution in [0.5, 0.6) is 0 Å². The Bertz CT molecular complexity index is 870. The van der Waals surface area contributed by atoms with Gasteiger partial charge in [0.1, 0.15) is 0 Å². The molecule has 0 bridgehead atoms. The Kier molecular flexibility index (Phi) is 11.2. The summed E-state index contributed by atoms with van der Waals surface area (Å²) in [6, 6.07) is 21.0. The number of carbonyl (C=O) groups excluding carboxylic acids is 1. The average molecular weight is 563 g/mol. The molecule has 1 unspecified atom stereocenters. The smallest absolute Gasteiger partial charge is 0.223 e. The number of aliphatic imine (C=N–C) groups is 1. The molecule has 2 aromatic rings. The summed E-state index contributed by atoms with van der Waals surface area (Å²) in [7, 11) is 0. The summed E-state index contributed by atoms with van der Waals surface area (Å²) in [5.41, 5.74) is 2.69. The van der Waals surface area contributed by atoms with Crippen molar-refractivity contribution in [2.75, 3.05) is 32.7 Å². The minimum absolute atomic E-state index is 0. The van der Waals surface area contributed by atoms with Gasteiger partial charge in [-0.3, -0.25) is 9.79 Å². The number of halogens is 1. The molecule has 2 aromatic carbocycles. The number of hydrogen-bond donors (Lipinski definition) is 2. The molecular formula is C27H39IN4O. The molecule has 6 heteroatoms. The number of rotatable bonds is 10. The number of guanidine groups is 1. The van der Waals surface area contributed by atoms with E-state index in [0.717, 1.165) is 51.5 Å². The van der Waals surface area contributed by atoms with Crippen LogP contribution in [0.3, 0.4) is 0 Å². The second kappa shape index (κ2) is 13.6. The molecule has 1 aliphatic heterocycles. The van der Waals surface area contributed by atoms with Gasteiger partial charge in [-0.1, -0.05) is 74.5 Å². The Morgan fingerprint density at radius 2 is 1.67 bits per heavy atom. The van der Waals surface area contributed by atoms with Crippen LogP contribution in [0.1, 0.15) is 38.3 Å². The molecule has 1 atom stereocenters. The standard InChI is InChI=1S/C27H38N4O.HI/c1-4-28-26(30-21-27(2,3)18-23-13-9-6-10-14-23)29-19-24-17-25(32)31(20-24)16-15-22-11-7-5-8-12-22;/h5-14,24H,4,15-21H2,1-3H3,(H2,28,29,30);1H. The Hall–Kier alpha value is -2.09. The normalized spacial score (nSPS) is 16.5. The van der Waals surface area contributed by atoms with Gasteiger partial charge in [0.05, 0.1) is 0 Å². The van der Waals surface area contributed by atoms with Crippen molar-refractivity contribution in [3.8, 4) is 0 Å². The summed E-state index contributed by atoms with van der Waals surface area (Å²) < 4.78 is 0. The number of benzene rings is 2. The molecule has 180 valence electrons. The largest absolute Gasteiger partial charge is 0.357 e. The predicted molar refractivity (Wildman–Crippen MR) is 148 cm³/mol. The maximum absolute atomic E-state index is 12.5. The number of carbonyl (C=O) groups is 1. The topological polar surface area (TPSA) is 56.7 Å². The first-order valence-corrected chi connectivity index (χ1v) is 11.8. The van der Waals surface area contributed by atoms with Gasteiger partial charge in [-0.25, -0.2) is 0 Å². The molecule has 1 amide bonds. The first-order valence-electron chi connectivity index (χ1n) is 11.8. The lowest BCUT2D eigenvalue weighted by Gasteiger charge is -2.24. The maximum atomic E-state index is 12.5. The number of nitrogens with one attached hydrogen (secondary N) is 2. The second-order valence-corrected chi connectivity index (χ2v) is 9.55. The molecule has 1 fully saturated rings. The molecule has 1 aliphatic rings. The predicted octanol–water partition coefficient (Wildman–Crippen LogP) is 4.52. The van der Waals surface area contributed by atoms with Crippen molar-refractivity contribution in [1.82, 2.24) is 15.5 Å². The van der Waals surface area contributed by atoms with Crippen LogP contribution in [0.15, 0.2) is 65.7 Å². The van der Waals surface area contributed by atoms with E-state index in [1.807, 2.05) is 11.0 Å². The molecule has 3 rings (SSSR count). The van der Waals surface area contributed by atoms with E-state index in [-0.39, 0.29) is 35.3 Å². The zero-order valence-corrected chi connectivity index (χ0v) is 22.5. The van der Waals surface area contributed by atoms with Crippen LogP contribution in [0, 0.1) is 11.3 Å². The zero-order valence-electron chi connectivity index (χ0n) is 20.2. The molecule has 1 heterocycles. The molecule has 0 saturated carbocycles. The van der Waals surface area contributed by atoms with Crippen LogP contribution in [-0.2, 0) is 17.6 Å². The van der Waals surface area contributed by atoms with Gasteiger partial charge in [0.15, 0.2) is 5.96 Å². The summed E-state index contributed by atoms with van der Waals surface area (Å²) >= 11 is 0. The van der Waals surface area contributed by atoms with Crippen LogP contribution in [0.2, 0.25) is 0 Å². The van der Waals surface area contributed by atoms with Crippen LogP contribution in [-0.4, -0.2) is 49.5 Å². The first kappa shape index (κ1) is 27.2. The molecule has 0 aromatic heterocycles. The quantitative estimate of drug-likeness (QED) is 0.255. The van der Waals surface area contributed by atoms with Gasteiger partial charge >= 0.3 is 0 Å². The van der Waals surface area contributed by atoms with E-state index in [9.17, 15) is 4.79 Å². The number of likely N-dealkylation sites (tertiary alicyclic amines) is 1. The molecule has 5 nitrogen and oxygen atoms in total. The highest BCUT2D eigenvalue weighted by molar-refractivity contribution is 14.0. The van der Waals surface area contributed by atoms with Gasteiger partial charge in [0.2, 0.25) is 5.91 Å².